The van der Waals surface area contributed by atoms with Gasteiger partial charge in [0.2, 0.25) is 0 Å². The summed E-state index contributed by atoms with van der Waals surface area (Å²) in [6.45, 7) is -5.52. The van der Waals surface area contributed by atoms with Gasteiger partial charge in [0.25, 0.3) is 0 Å². The maximum atomic E-state index is 8.45. The van der Waals surface area contributed by atoms with E-state index in [9.17, 15) is 0 Å². The van der Waals surface area contributed by atoms with Crippen molar-refractivity contribution in [2.45, 2.75) is 19.1 Å². The molecule has 1 aromatic heterocycles. The van der Waals surface area contributed by atoms with Gasteiger partial charge in [0.05, 0.1) is 0 Å². The Hall–Kier alpha value is -2.90. The molecule has 0 saturated carbocycles. The van der Waals surface area contributed by atoms with E-state index in [0.717, 1.165) is 21.2 Å². The summed E-state index contributed by atoms with van der Waals surface area (Å²) in [7, 11) is 0. The van der Waals surface area contributed by atoms with E-state index >= 15 is 0 Å². The molecule has 0 amide bonds. The quantitative estimate of drug-likeness (QED) is 0.275. The highest BCUT2D eigenvalue weighted by atomic mass is 32.1. The smallest absolute Gasteiger partial charge is 0.0433 e. The van der Waals surface area contributed by atoms with Crippen molar-refractivity contribution in [2.75, 3.05) is 0 Å². The summed E-state index contributed by atoms with van der Waals surface area (Å²) >= 11 is 1.69. The molecule has 0 spiro atoms. The van der Waals surface area contributed by atoms with Crippen molar-refractivity contribution in [3.05, 3.63) is 96.1 Å². The van der Waals surface area contributed by atoms with E-state index in [1.54, 1.807) is 29.5 Å². The zero-order valence-electron chi connectivity index (χ0n) is 21.0. The van der Waals surface area contributed by atoms with Gasteiger partial charge in [-0.1, -0.05) is 86.5 Å². The molecule has 134 valence electrons. The van der Waals surface area contributed by atoms with Crippen LogP contribution in [0.5, 0.6) is 0 Å². The third-order valence-corrected chi connectivity index (χ3v) is 6.98. The lowest BCUT2D eigenvalue weighted by Crippen LogP contribution is -2.14. The van der Waals surface area contributed by atoms with Crippen molar-refractivity contribution in [1.29, 1.82) is 0 Å². The SMILES string of the molecule is [2H]C([2H])([2H])C1(C([2H])([2H])[2H])c2ccccc2-c2ccc(-c3cccc4c3sc3ccccc34)cc21. The molecule has 28 heavy (non-hydrogen) atoms. The van der Waals surface area contributed by atoms with Crippen LogP contribution in [0.1, 0.15) is 33.1 Å². The number of fused-ring (bicyclic) bond motifs is 6. The summed E-state index contributed by atoms with van der Waals surface area (Å²) in [6, 6.07) is 27.0. The Bertz CT molecular complexity index is 1570. The Morgan fingerprint density at radius 3 is 2.36 bits per heavy atom. The number of benzene rings is 4. The third kappa shape index (κ3) is 2.05. The Morgan fingerprint density at radius 2 is 1.43 bits per heavy atom. The van der Waals surface area contributed by atoms with Crippen LogP contribution < -0.4 is 0 Å². The number of rotatable bonds is 1. The fourth-order valence-corrected chi connectivity index (χ4v) is 5.66. The molecule has 5 aromatic rings. The van der Waals surface area contributed by atoms with Crippen LogP contribution in [0.15, 0.2) is 84.9 Å². The normalized spacial score (nSPS) is 18.4. The maximum absolute atomic E-state index is 8.45. The Kier molecular flexibility index (Phi) is 2.22. The van der Waals surface area contributed by atoms with E-state index in [4.69, 9.17) is 8.22 Å². The van der Waals surface area contributed by atoms with Crippen LogP contribution in [0.4, 0.5) is 0 Å². The molecule has 0 aliphatic heterocycles. The largest absolute Gasteiger partial charge is 0.135 e. The molecule has 6 rings (SSSR count). The highest BCUT2D eigenvalue weighted by Gasteiger charge is 2.35. The number of hydrogen-bond donors (Lipinski definition) is 0. The molecule has 1 heteroatoms. The zero-order valence-corrected chi connectivity index (χ0v) is 15.8. The first-order chi connectivity index (χ1) is 16.1. The molecule has 1 aliphatic rings. The second-order valence-corrected chi connectivity index (χ2v) is 8.39. The Labute approximate surface area is 177 Å². The van der Waals surface area contributed by atoms with Gasteiger partial charge in [0.1, 0.15) is 0 Å². The fourth-order valence-electron chi connectivity index (χ4n) is 4.42. The van der Waals surface area contributed by atoms with Gasteiger partial charge in [0.15, 0.2) is 0 Å². The minimum atomic E-state index is -2.76. The van der Waals surface area contributed by atoms with Crippen molar-refractivity contribution in [3.8, 4) is 22.3 Å². The first-order valence-corrected chi connectivity index (χ1v) is 10.1. The van der Waals surface area contributed by atoms with Crippen molar-refractivity contribution in [3.63, 3.8) is 0 Å². The average Bonchev–Trinajstić information content (AvgIpc) is 3.32. The van der Waals surface area contributed by atoms with E-state index in [-0.39, 0.29) is 0 Å². The minimum Gasteiger partial charge on any atom is -0.135 e. The van der Waals surface area contributed by atoms with Crippen molar-refractivity contribution in [2.24, 2.45) is 0 Å². The van der Waals surface area contributed by atoms with Gasteiger partial charge in [-0.25, -0.2) is 0 Å². The molecule has 1 heterocycles. The number of hydrogen-bond acceptors (Lipinski definition) is 1. The Balaban J connectivity index is 1.68. The van der Waals surface area contributed by atoms with Gasteiger partial charge in [-0.05, 0) is 45.5 Å². The monoisotopic (exact) mass is 382 g/mol. The van der Waals surface area contributed by atoms with Gasteiger partial charge in [-0.3, -0.25) is 0 Å². The van der Waals surface area contributed by atoms with Gasteiger partial charge in [-0.2, -0.15) is 0 Å². The highest BCUT2D eigenvalue weighted by Crippen LogP contribution is 2.50. The maximum Gasteiger partial charge on any atom is 0.0433 e. The molecule has 0 atom stereocenters. The standard InChI is InChI=1S/C27H20S/c1-27(2)23-12-5-3-8-19(23)20-15-14-17(16-24(20)27)18-10-7-11-22-21-9-4-6-13-25(21)28-26(18)22/h3-16H,1-2H3/i1D3,2D3. The lowest BCUT2D eigenvalue weighted by Gasteiger charge is -2.22. The van der Waals surface area contributed by atoms with E-state index in [2.05, 4.69) is 18.2 Å². The molecular formula is C27H20S. The minimum absolute atomic E-state index is 0.349. The van der Waals surface area contributed by atoms with Crippen LogP contribution in [-0.2, 0) is 5.41 Å². The second-order valence-electron chi connectivity index (χ2n) is 7.34. The molecule has 0 unspecified atom stereocenters. The van der Waals surface area contributed by atoms with Crippen molar-refractivity contribution >= 4 is 31.5 Å². The second kappa shape index (κ2) is 5.56. The van der Waals surface area contributed by atoms with Crippen molar-refractivity contribution in [1.82, 2.24) is 0 Å². The molecule has 0 saturated heterocycles. The van der Waals surface area contributed by atoms with Crippen LogP contribution in [-0.4, -0.2) is 0 Å². The van der Waals surface area contributed by atoms with Gasteiger partial charge in [-0.15, -0.1) is 11.3 Å². The first-order valence-electron chi connectivity index (χ1n) is 12.3. The molecular weight excluding hydrogens is 356 g/mol. The van der Waals surface area contributed by atoms with E-state index in [1.807, 2.05) is 48.5 Å². The van der Waals surface area contributed by atoms with E-state index in [1.165, 1.54) is 10.1 Å². The molecule has 1 aliphatic carbocycles. The van der Waals surface area contributed by atoms with Crippen LogP contribution in [0.2, 0.25) is 0 Å². The van der Waals surface area contributed by atoms with Crippen molar-refractivity contribution < 1.29 is 8.22 Å². The molecule has 0 N–H and O–H groups in total. The van der Waals surface area contributed by atoms with Crippen LogP contribution in [0.3, 0.4) is 0 Å². The summed E-state index contributed by atoms with van der Waals surface area (Å²) in [6.07, 6.45) is 0. The topological polar surface area (TPSA) is 0 Å². The summed E-state index contributed by atoms with van der Waals surface area (Å²) < 4.78 is 53.0. The number of thiophene rings is 1. The average molecular weight is 383 g/mol. The van der Waals surface area contributed by atoms with Gasteiger partial charge < -0.3 is 0 Å². The predicted molar refractivity (Wildman–Crippen MR) is 122 cm³/mol. The molecule has 0 radical (unpaired) electrons. The van der Waals surface area contributed by atoms with E-state index < -0.39 is 19.1 Å². The summed E-state index contributed by atoms with van der Waals surface area (Å²) in [5.41, 5.74) is 1.76. The summed E-state index contributed by atoms with van der Waals surface area (Å²) in [4.78, 5) is 0. The third-order valence-electron chi connectivity index (χ3n) is 5.76. The van der Waals surface area contributed by atoms with E-state index in [0.29, 0.717) is 22.3 Å². The predicted octanol–water partition coefficient (Wildman–Crippen LogP) is 8.03. The van der Waals surface area contributed by atoms with Crippen LogP contribution in [0, 0.1) is 0 Å². The highest BCUT2D eigenvalue weighted by molar-refractivity contribution is 7.26. The van der Waals surface area contributed by atoms with Gasteiger partial charge >= 0.3 is 0 Å². The molecule has 0 nitrogen and oxygen atoms in total. The summed E-state index contributed by atoms with van der Waals surface area (Å²) in [5.74, 6) is 0. The molecule has 4 aromatic carbocycles. The first kappa shape index (κ1) is 11.2. The van der Waals surface area contributed by atoms with Crippen LogP contribution >= 0.6 is 11.3 Å². The lowest BCUT2D eigenvalue weighted by atomic mass is 9.81. The van der Waals surface area contributed by atoms with Crippen LogP contribution in [0.25, 0.3) is 42.4 Å². The van der Waals surface area contributed by atoms with Gasteiger partial charge in [0, 0.05) is 33.8 Å². The Morgan fingerprint density at radius 1 is 0.679 bits per heavy atom. The fraction of sp³-hybridized carbons (Fsp3) is 0.111. The molecule has 0 fully saturated rings. The lowest BCUT2D eigenvalue weighted by molar-refractivity contribution is 0.660. The zero-order chi connectivity index (χ0) is 23.9. The molecule has 0 bridgehead atoms. The summed E-state index contributed by atoms with van der Waals surface area (Å²) in [5, 5.41) is 2.32.